The van der Waals surface area contributed by atoms with Crippen LogP contribution >= 0.6 is 0 Å². The van der Waals surface area contributed by atoms with Crippen LogP contribution in [0.1, 0.15) is 19.4 Å². The number of nitrogens with zero attached hydrogens (tertiary/aromatic N) is 2. The predicted octanol–water partition coefficient (Wildman–Crippen LogP) is 4.76. The van der Waals surface area contributed by atoms with Gasteiger partial charge in [0.15, 0.2) is 5.58 Å². The Balaban J connectivity index is 1.85. The molecule has 132 valence electrons. The molecule has 0 bridgehead atoms. The van der Waals surface area contributed by atoms with E-state index in [4.69, 9.17) is 8.83 Å². The monoisotopic (exact) mass is 348 g/mol. The standard InChI is InChI=1S/C21H20N2O3/c1-4-23(5-2)15-10-9-14-11-16(21(24)26-18(14)12-15)20-22-19-13(3)7-6-8-17(19)25-20/h6-12H,4-5H2,1-3H3. The van der Waals surface area contributed by atoms with Gasteiger partial charge in [-0.2, -0.15) is 0 Å². The molecule has 0 aliphatic rings. The summed E-state index contributed by atoms with van der Waals surface area (Å²) in [5.41, 5.74) is 3.93. The molecule has 5 heteroatoms. The van der Waals surface area contributed by atoms with Crippen molar-refractivity contribution in [2.24, 2.45) is 0 Å². The molecule has 2 aromatic carbocycles. The molecule has 5 nitrogen and oxygen atoms in total. The zero-order valence-corrected chi connectivity index (χ0v) is 15.1. The van der Waals surface area contributed by atoms with Gasteiger partial charge in [0.2, 0.25) is 5.89 Å². The number of fused-ring (bicyclic) bond motifs is 2. The average molecular weight is 348 g/mol. The Morgan fingerprint density at radius 2 is 1.81 bits per heavy atom. The Bertz CT molecular complexity index is 1150. The van der Waals surface area contributed by atoms with E-state index in [2.05, 4.69) is 23.7 Å². The smallest absolute Gasteiger partial charge is 0.349 e. The molecule has 4 aromatic rings. The first kappa shape index (κ1) is 16.4. The van der Waals surface area contributed by atoms with Crippen LogP contribution in [0.25, 0.3) is 33.5 Å². The Labute approximate surface area is 150 Å². The summed E-state index contributed by atoms with van der Waals surface area (Å²) in [6.07, 6.45) is 0. The zero-order chi connectivity index (χ0) is 18.3. The SMILES string of the molecule is CCN(CC)c1ccc2cc(-c3nc4c(C)cccc4o3)c(=O)oc2c1. The van der Waals surface area contributed by atoms with Crippen LogP contribution in [0.2, 0.25) is 0 Å². The highest BCUT2D eigenvalue weighted by Crippen LogP contribution is 2.28. The van der Waals surface area contributed by atoms with E-state index < -0.39 is 5.63 Å². The molecule has 0 N–H and O–H groups in total. The minimum atomic E-state index is -0.446. The summed E-state index contributed by atoms with van der Waals surface area (Å²) in [5, 5.41) is 0.842. The van der Waals surface area contributed by atoms with Crippen LogP contribution in [0, 0.1) is 6.92 Å². The molecule has 0 atom stereocenters. The van der Waals surface area contributed by atoms with Gasteiger partial charge in [0.1, 0.15) is 16.7 Å². The molecule has 2 aromatic heterocycles. The normalized spacial score (nSPS) is 11.3. The highest BCUT2D eigenvalue weighted by Gasteiger charge is 2.16. The van der Waals surface area contributed by atoms with Crippen molar-refractivity contribution in [3.63, 3.8) is 0 Å². The number of rotatable bonds is 4. The molecular weight excluding hydrogens is 328 g/mol. The van der Waals surface area contributed by atoms with Crippen molar-refractivity contribution in [1.82, 2.24) is 4.98 Å². The topological polar surface area (TPSA) is 59.5 Å². The fraction of sp³-hybridized carbons (Fsp3) is 0.238. The molecule has 0 radical (unpaired) electrons. The summed E-state index contributed by atoms with van der Waals surface area (Å²) in [7, 11) is 0. The lowest BCUT2D eigenvalue weighted by Gasteiger charge is -2.20. The third-order valence-corrected chi connectivity index (χ3v) is 4.70. The van der Waals surface area contributed by atoms with E-state index in [-0.39, 0.29) is 5.89 Å². The van der Waals surface area contributed by atoms with E-state index in [1.54, 1.807) is 6.07 Å². The van der Waals surface area contributed by atoms with Gasteiger partial charge in [-0.05, 0) is 50.6 Å². The molecule has 0 spiro atoms. The Morgan fingerprint density at radius 3 is 2.54 bits per heavy atom. The van der Waals surface area contributed by atoms with Gasteiger partial charge in [-0.1, -0.05) is 12.1 Å². The predicted molar refractivity (Wildman–Crippen MR) is 104 cm³/mol. The lowest BCUT2D eigenvalue weighted by atomic mass is 10.1. The van der Waals surface area contributed by atoms with Crippen molar-refractivity contribution < 1.29 is 8.83 Å². The molecule has 26 heavy (non-hydrogen) atoms. The summed E-state index contributed by atoms with van der Waals surface area (Å²) in [4.78, 5) is 19.2. The highest BCUT2D eigenvalue weighted by molar-refractivity contribution is 5.85. The van der Waals surface area contributed by atoms with E-state index >= 15 is 0 Å². The van der Waals surface area contributed by atoms with Crippen LogP contribution in [0.4, 0.5) is 5.69 Å². The minimum Gasteiger partial charge on any atom is -0.436 e. The van der Waals surface area contributed by atoms with Crippen LogP contribution in [0.3, 0.4) is 0 Å². The quantitative estimate of drug-likeness (QED) is 0.498. The van der Waals surface area contributed by atoms with Gasteiger partial charge in [0.25, 0.3) is 0 Å². The first-order valence-corrected chi connectivity index (χ1v) is 8.80. The molecule has 0 fully saturated rings. The van der Waals surface area contributed by atoms with E-state index in [0.29, 0.717) is 16.7 Å². The summed E-state index contributed by atoms with van der Waals surface area (Å²) in [6.45, 7) is 7.95. The van der Waals surface area contributed by atoms with Crippen molar-refractivity contribution in [2.45, 2.75) is 20.8 Å². The van der Waals surface area contributed by atoms with Gasteiger partial charge in [0.05, 0.1) is 0 Å². The first-order valence-electron chi connectivity index (χ1n) is 8.80. The third-order valence-electron chi connectivity index (χ3n) is 4.70. The second-order valence-corrected chi connectivity index (χ2v) is 6.28. The number of benzene rings is 2. The first-order chi connectivity index (χ1) is 12.6. The van der Waals surface area contributed by atoms with Crippen LogP contribution in [-0.4, -0.2) is 18.1 Å². The highest BCUT2D eigenvalue weighted by atomic mass is 16.4. The summed E-state index contributed by atoms with van der Waals surface area (Å²) in [5.74, 6) is 0.290. The van der Waals surface area contributed by atoms with Crippen molar-refractivity contribution in [3.05, 3.63) is 58.4 Å². The third kappa shape index (κ3) is 2.65. The molecule has 0 amide bonds. The van der Waals surface area contributed by atoms with Crippen molar-refractivity contribution in [1.29, 1.82) is 0 Å². The largest absolute Gasteiger partial charge is 0.436 e. The van der Waals surface area contributed by atoms with Crippen LogP contribution in [0.15, 0.2) is 56.1 Å². The maximum Gasteiger partial charge on any atom is 0.349 e. The summed E-state index contributed by atoms with van der Waals surface area (Å²) < 4.78 is 11.4. The second kappa shape index (κ2) is 6.33. The lowest BCUT2D eigenvalue weighted by Crippen LogP contribution is -2.21. The van der Waals surface area contributed by atoms with E-state index in [0.717, 1.165) is 35.2 Å². The summed E-state index contributed by atoms with van der Waals surface area (Å²) >= 11 is 0. The molecule has 2 heterocycles. The van der Waals surface area contributed by atoms with Gasteiger partial charge >= 0.3 is 5.63 Å². The van der Waals surface area contributed by atoms with Gasteiger partial charge < -0.3 is 13.7 Å². The summed E-state index contributed by atoms with van der Waals surface area (Å²) in [6, 6.07) is 13.4. The molecule has 0 aliphatic carbocycles. The fourth-order valence-electron chi connectivity index (χ4n) is 3.24. The number of hydrogen-bond acceptors (Lipinski definition) is 5. The van der Waals surface area contributed by atoms with E-state index in [1.807, 2.05) is 43.3 Å². The van der Waals surface area contributed by atoms with Crippen molar-refractivity contribution in [2.75, 3.05) is 18.0 Å². The van der Waals surface area contributed by atoms with E-state index in [1.165, 1.54) is 0 Å². The molecule has 0 unspecified atom stereocenters. The number of para-hydroxylation sites is 1. The molecular formula is C21H20N2O3. The number of oxazole rings is 1. The zero-order valence-electron chi connectivity index (χ0n) is 15.1. The van der Waals surface area contributed by atoms with Gasteiger partial charge in [0, 0.05) is 30.2 Å². The van der Waals surface area contributed by atoms with Crippen LogP contribution < -0.4 is 10.5 Å². The second-order valence-electron chi connectivity index (χ2n) is 6.28. The average Bonchev–Trinajstić information content (AvgIpc) is 3.07. The minimum absolute atomic E-state index is 0.290. The maximum atomic E-state index is 12.5. The Hall–Kier alpha value is -3.08. The van der Waals surface area contributed by atoms with Crippen molar-refractivity contribution in [3.8, 4) is 11.5 Å². The number of hydrogen-bond donors (Lipinski definition) is 0. The van der Waals surface area contributed by atoms with Gasteiger partial charge in [-0.15, -0.1) is 0 Å². The van der Waals surface area contributed by atoms with E-state index in [9.17, 15) is 4.79 Å². The number of aryl methyl sites for hydroxylation is 1. The van der Waals surface area contributed by atoms with Gasteiger partial charge in [-0.3, -0.25) is 0 Å². The van der Waals surface area contributed by atoms with Gasteiger partial charge in [-0.25, -0.2) is 9.78 Å². The molecule has 4 rings (SSSR count). The van der Waals surface area contributed by atoms with Crippen LogP contribution in [-0.2, 0) is 0 Å². The van der Waals surface area contributed by atoms with Crippen molar-refractivity contribution >= 4 is 27.8 Å². The maximum absolute atomic E-state index is 12.5. The number of anilines is 1. The molecule has 0 saturated heterocycles. The fourth-order valence-corrected chi connectivity index (χ4v) is 3.24. The number of aromatic nitrogens is 1. The molecule has 0 aliphatic heterocycles. The Morgan fingerprint density at radius 1 is 1.00 bits per heavy atom. The van der Waals surface area contributed by atoms with Crippen LogP contribution in [0.5, 0.6) is 0 Å². The molecule has 0 saturated carbocycles. The lowest BCUT2D eigenvalue weighted by molar-refractivity contribution is 0.553. The Kier molecular flexibility index (Phi) is 3.99.